The highest BCUT2D eigenvalue weighted by atomic mass is 35.5. The summed E-state index contributed by atoms with van der Waals surface area (Å²) in [6.07, 6.45) is 0.641. The van der Waals surface area contributed by atoms with Crippen LogP contribution in [0.3, 0.4) is 0 Å². The Morgan fingerprint density at radius 2 is 1.82 bits per heavy atom. The van der Waals surface area contributed by atoms with Gasteiger partial charge in [0.25, 0.3) is 11.8 Å². The molecular formula is C25H23ClN2O5. The maximum absolute atomic E-state index is 12.5. The summed E-state index contributed by atoms with van der Waals surface area (Å²) in [7, 11) is 0. The molecule has 1 aliphatic heterocycles. The number of carbonyl (C=O) groups excluding carboxylic acids is 2. The molecule has 7 nitrogen and oxygen atoms in total. The Balaban J connectivity index is 1.35. The van der Waals surface area contributed by atoms with Gasteiger partial charge in [0.05, 0.1) is 17.3 Å². The quantitative estimate of drug-likeness (QED) is 0.468. The molecule has 3 aromatic rings. The van der Waals surface area contributed by atoms with E-state index in [0.717, 1.165) is 5.75 Å². The fourth-order valence-corrected chi connectivity index (χ4v) is 3.55. The summed E-state index contributed by atoms with van der Waals surface area (Å²) in [4.78, 5) is 26.5. The van der Waals surface area contributed by atoms with Gasteiger partial charge in [-0.2, -0.15) is 0 Å². The largest absolute Gasteiger partial charge is 0.494 e. The summed E-state index contributed by atoms with van der Waals surface area (Å²) in [5.41, 5.74) is 1.14. The highest BCUT2D eigenvalue weighted by Gasteiger charge is 2.25. The van der Waals surface area contributed by atoms with Gasteiger partial charge in [0.2, 0.25) is 0 Å². The second kappa shape index (κ2) is 10.7. The van der Waals surface area contributed by atoms with E-state index in [9.17, 15) is 9.59 Å². The van der Waals surface area contributed by atoms with Gasteiger partial charge in [0.1, 0.15) is 17.2 Å². The van der Waals surface area contributed by atoms with Crippen LogP contribution in [0.5, 0.6) is 17.2 Å². The SMILES string of the molecule is O=C(COc1ccccc1Cl)Nc1ccc2c(c1)N(CCCOc1ccccc1)C(=O)CO2. The zero-order chi connectivity index (χ0) is 23.0. The smallest absolute Gasteiger partial charge is 0.265 e. The molecule has 2 amide bonds. The van der Waals surface area contributed by atoms with Crippen molar-refractivity contribution in [1.29, 1.82) is 0 Å². The number of fused-ring (bicyclic) bond motifs is 1. The first-order valence-corrected chi connectivity index (χ1v) is 10.9. The van der Waals surface area contributed by atoms with Gasteiger partial charge in [-0.3, -0.25) is 9.59 Å². The minimum absolute atomic E-state index is 0.0239. The molecule has 0 saturated carbocycles. The van der Waals surface area contributed by atoms with Crippen LogP contribution in [0.1, 0.15) is 6.42 Å². The first kappa shape index (κ1) is 22.5. The van der Waals surface area contributed by atoms with Crippen LogP contribution in [0, 0.1) is 0 Å². The van der Waals surface area contributed by atoms with E-state index in [0.29, 0.717) is 47.5 Å². The summed E-state index contributed by atoms with van der Waals surface area (Å²) >= 11 is 6.05. The van der Waals surface area contributed by atoms with Crippen molar-refractivity contribution in [2.75, 3.05) is 36.6 Å². The number of halogens is 1. The van der Waals surface area contributed by atoms with Crippen molar-refractivity contribution in [1.82, 2.24) is 0 Å². The molecule has 0 aromatic heterocycles. The van der Waals surface area contributed by atoms with Crippen LogP contribution in [-0.4, -0.2) is 38.2 Å². The standard InChI is InChI=1S/C25H23ClN2O5/c26-20-9-4-5-10-22(20)32-16-24(29)27-18-11-12-23-21(15-18)28(25(30)17-33-23)13-6-14-31-19-7-2-1-3-8-19/h1-5,7-12,15H,6,13-14,16-17H2,(H,27,29). The van der Waals surface area contributed by atoms with Gasteiger partial charge >= 0.3 is 0 Å². The molecule has 0 aliphatic carbocycles. The van der Waals surface area contributed by atoms with Crippen molar-refractivity contribution in [2.45, 2.75) is 6.42 Å². The first-order valence-electron chi connectivity index (χ1n) is 10.5. The number of hydrogen-bond acceptors (Lipinski definition) is 5. The van der Waals surface area contributed by atoms with Crippen LogP contribution in [-0.2, 0) is 9.59 Å². The molecule has 3 aromatic carbocycles. The van der Waals surface area contributed by atoms with E-state index in [-0.39, 0.29) is 25.0 Å². The summed E-state index contributed by atoms with van der Waals surface area (Å²) < 4.78 is 16.7. The lowest BCUT2D eigenvalue weighted by Gasteiger charge is -2.29. The van der Waals surface area contributed by atoms with Crippen molar-refractivity contribution in [3.05, 3.63) is 77.8 Å². The van der Waals surface area contributed by atoms with E-state index < -0.39 is 0 Å². The van der Waals surface area contributed by atoms with Gasteiger partial charge in [-0.15, -0.1) is 0 Å². The number of carbonyl (C=O) groups is 2. The van der Waals surface area contributed by atoms with E-state index >= 15 is 0 Å². The lowest BCUT2D eigenvalue weighted by Crippen LogP contribution is -2.39. The molecule has 0 saturated heterocycles. The number of para-hydroxylation sites is 2. The van der Waals surface area contributed by atoms with Gasteiger partial charge in [0.15, 0.2) is 13.2 Å². The Hall–Kier alpha value is -3.71. The molecule has 1 aliphatic rings. The lowest BCUT2D eigenvalue weighted by atomic mass is 10.2. The van der Waals surface area contributed by atoms with Gasteiger partial charge in [-0.1, -0.05) is 41.9 Å². The molecule has 0 bridgehead atoms. The number of anilines is 2. The molecule has 0 radical (unpaired) electrons. The Kier molecular flexibility index (Phi) is 7.32. The predicted octanol–water partition coefficient (Wildman–Crippen LogP) is 4.55. The lowest BCUT2D eigenvalue weighted by molar-refractivity contribution is -0.121. The monoisotopic (exact) mass is 466 g/mol. The summed E-state index contributed by atoms with van der Waals surface area (Å²) in [5, 5.41) is 3.21. The summed E-state index contributed by atoms with van der Waals surface area (Å²) in [6, 6.07) is 21.6. The van der Waals surface area contributed by atoms with Gasteiger partial charge < -0.3 is 24.4 Å². The van der Waals surface area contributed by atoms with Crippen molar-refractivity contribution in [3.8, 4) is 17.2 Å². The summed E-state index contributed by atoms with van der Waals surface area (Å²) in [5.74, 6) is 1.32. The first-order chi connectivity index (χ1) is 16.1. The normalized spacial score (nSPS) is 12.5. The van der Waals surface area contributed by atoms with E-state index in [1.165, 1.54) is 0 Å². The number of hydrogen-bond donors (Lipinski definition) is 1. The fraction of sp³-hybridized carbons (Fsp3) is 0.200. The maximum atomic E-state index is 12.5. The Morgan fingerprint density at radius 3 is 2.64 bits per heavy atom. The number of nitrogens with one attached hydrogen (secondary N) is 1. The third-order valence-electron chi connectivity index (χ3n) is 4.92. The molecule has 0 unspecified atom stereocenters. The van der Waals surface area contributed by atoms with Crippen LogP contribution in [0.4, 0.5) is 11.4 Å². The highest BCUT2D eigenvalue weighted by molar-refractivity contribution is 6.32. The van der Waals surface area contributed by atoms with E-state index in [1.807, 2.05) is 30.3 Å². The Bertz CT molecular complexity index is 1120. The molecule has 1 N–H and O–H groups in total. The van der Waals surface area contributed by atoms with Crippen LogP contribution in [0.25, 0.3) is 0 Å². The van der Waals surface area contributed by atoms with Crippen molar-refractivity contribution >= 4 is 34.8 Å². The number of nitrogens with zero attached hydrogens (tertiary/aromatic N) is 1. The molecule has 4 rings (SSSR count). The molecule has 0 fully saturated rings. The van der Waals surface area contributed by atoms with Crippen molar-refractivity contribution in [3.63, 3.8) is 0 Å². The minimum Gasteiger partial charge on any atom is -0.494 e. The number of benzene rings is 3. The molecule has 0 atom stereocenters. The number of ether oxygens (including phenoxy) is 3. The second-order valence-electron chi connectivity index (χ2n) is 7.30. The van der Waals surface area contributed by atoms with E-state index in [4.69, 9.17) is 25.8 Å². The van der Waals surface area contributed by atoms with Gasteiger partial charge in [0, 0.05) is 12.2 Å². The van der Waals surface area contributed by atoms with E-state index in [1.54, 1.807) is 47.4 Å². The van der Waals surface area contributed by atoms with Crippen LogP contribution in [0.2, 0.25) is 5.02 Å². The summed E-state index contributed by atoms with van der Waals surface area (Å²) in [6.45, 7) is 0.718. The molecule has 8 heteroatoms. The van der Waals surface area contributed by atoms with Gasteiger partial charge in [-0.25, -0.2) is 0 Å². The topological polar surface area (TPSA) is 77.1 Å². The molecule has 33 heavy (non-hydrogen) atoms. The highest BCUT2D eigenvalue weighted by Crippen LogP contribution is 2.34. The number of rotatable bonds is 9. The van der Waals surface area contributed by atoms with E-state index in [2.05, 4.69) is 5.32 Å². The molecular weight excluding hydrogens is 444 g/mol. The molecule has 0 spiro atoms. The Labute approximate surface area is 196 Å². The third kappa shape index (κ3) is 5.96. The average molecular weight is 467 g/mol. The van der Waals surface area contributed by atoms with Crippen LogP contribution >= 0.6 is 11.6 Å². The third-order valence-corrected chi connectivity index (χ3v) is 5.23. The van der Waals surface area contributed by atoms with Crippen LogP contribution < -0.4 is 24.4 Å². The zero-order valence-corrected chi connectivity index (χ0v) is 18.6. The minimum atomic E-state index is -0.347. The average Bonchev–Trinajstić information content (AvgIpc) is 2.83. The zero-order valence-electron chi connectivity index (χ0n) is 17.8. The molecule has 1 heterocycles. The molecule has 170 valence electrons. The van der Waals surface area contributed by atoms with Crippen LogP contribution in [0.15, 0.2) is 72.8 Å². The Morgan fingerprint density at radius 1 is 1.03 bits per heavy atom. The van der Waals surface area contributed by atoms with Crippen molar-refractivity contribution in [2.24, 2.45) is 0 Å². The van der Waals surface area contributed by atoms with Gasteiger partial charge in [-0.05, 0) is 48.9 Å². The van der Waals surface area contributed by atoms with Crippen molar-refractivity contribution < 1.29 is 23.8 Å². The maximum Gasteiger partial charge on any atom is 0.265 e. The number of amides is 2. The second-order valence-corrected chi connectivity index (χ2v) is 7.71. The predicted molar refractivity (Wildman–Crippen MR) is 126 cm³/mol. The fourth-order valence-electron chi connectivity index (χ4n) is 3.36.